The molecule has 1 amide bonds. The van der Waals surface area contributed by atoms with Crippen LogP contribution in [0.2, 0.25) is 5.02 Å². The number of nitrogens with zero attached hydrogens (tertiary/aromatic N) is 1. The van der Waals surface area contributed by atoms with Crippen molar-refractivity contribution in [3.63, 3.8) is 0 Å². The number of rotatable bonds is 7. The van der Waals surface area contributed by atoms with E-state index in [0.29, 0.717) is 23.0 Å². The Hall–Kier alpha value is -1.90. The van der Waals surface area contributed by atoms with Crippen LogP contribution >= 0.6 is 23.4 Å². The molecule has 2 aromatic carbocycles. The standard InChI is InChI=1S/C19H21ClN2O4S2/c1-28(24,25)22-12-18(26-17-8-7-15(20)11-16(17)22)19(23)21-9-10-27-13-14-5-3-2-4-6-14/h2-8,11,18H,9-10,12-13H2,1H3,(H,21,23)/t18-/m0/s1. The van der Waals surface area contributed by atoms with E-state index in [-0.39, 0.29) is 12.5 Å². The van der Waals surface area contributed by atoms with Gasteiger partial charge in [0.1, 0.15) is 5.75 Å². The van der Waals surface area contributed by atoms with E-state index in [0.717, 1.165) is 22.1 Å². The average molecular weight is 441 g/mol. The summed E-state index contributed by atoms with van der Waals surface area (Å²) in [6.45, 7) is 0.387. The SMILES string of the molecule is CS(=O)(=O)N1C[C@@H](C(=O)NCCSCc2ccccc2)Oc2ccc(Cl)cc21. The van der Waals surface area contributed by atoms with Crippen molar-refractivity contribution in [3.8, 4) is 5.75 Å². The molecule has 0 bridgehead atoms. The van der Waals surface area contributed by atoms with Crippen LogP contribution in [0.25, 0.3) is 0 Å². The molecule has 0 radical (unpaired) electrons. The van der Waals surface area contributed by atoms with Crippen molar-refractivity contribution >= 4 is 45.0 Å². The van der Waals surface area contributed by atoms with Gasteiger partial charge in [-0.1, -0.05) is 41.9 Å². The summed E-state index contributed by atoms with van der Waals surface area (Å²) in [5, 5.41) is 3.22. The molecule has 1 aliphatic rings. The number of nitrogens with one attached hydrogen (secondary N) is 1. The van der Waals surface area contributed by atoms with Crippen molar-refractivity contribution in [2.24, 2.45) is 0 Å². The van der Waals surface area contributed by atoms with Crippen LogP contribution in [-0.2, 0) is 20.6 Å². The summed E-state index contributed by atoms with van der Waals surface area (Å²) in [5.41, 5.74) is 1.57. The van der Waals surface area contributed by atoms with Crippen molar-refractivity contribution in [1.29, 1.82) is 0 Å². The van der Waals surface area contributed by atoms with Crippen molar-refractivity contribution < 1.29 is 17.9 Å². The Labute approximate surface area is 174 Å². The second-order valence-corrected chi connectivity index (χ2v) is 9.79. The number of carbonyl (C=O) groups is 1. The van der Waals surface area contributed by atoms with Crippen molar-refractivity contribution in [2.75, 3.05) is 29.4 Å². The number of anilines is 1. The molecule has 0 spiro atoms. The first-order chi connectivity index (χ1) is 13.3. The van der Waals surface area contributed by atoms with Crippen LogP contribution in [0.3, 0.4) is 0 Å². The maximum Gasteiger partial charge on any atom is 0.263 e. The van der Waals surface area contributed by atoms with Gasteiger partial charge in [-0.2, -0.15) is 11.8 Å². The van der Waals surface area contributed by atoms with Crippen LogP contribution in [-0.4, -0.2) is 45.5 Å². The minimum atomic E-state index is -3.57. The molecule has 0 aromatic heterocycles. The van der Waals surface area contributed by atoms with E-state index in [1.165, 1.54) is 11.6 Å². The van der Waals surface area contributed by atoms with Gasteiger partial charge >= 0.3 is 0 Å². The lowest BCUT2D eigenvalue weighted by molar-refractivity contribution is -0.127. The van der Waals surface area contributed by atoms with E-state index in [2.05, 4.69) is 17.4 Å². The van der Waals surface area contributed by atoms with Gasteiger partial charge in [0.25, 0.3) is 5.91 Å². The van der Waals surface area contributed by atoms with Crippen molar-refractivity contribution in [1.82, 2.24) is 5.32 Å². The van der Waals surface area contributed by atoms with Crippen LogP contribution in [0, 0.1) is 0 Å². The fraction of sp³-hybridized carbons (Fsp3) is 0.316. The lowest BCUT2D eigenvalue weighted by atomic mass is 10.2. The number of hydrogen-bond donors (Lipinski definition) is 1. The summed E-state index contributed by atoms with van der Waals surface area (Å²) in [4.78, 5) is 12.5. The molecule has 0 unspecified atom stereocenters. The third kappa shape index (κ3) is 5.33. The largest absolute Gasteiger partial charge is 0.476 e. The average Bonchev–Trinajstić information content (AvgIpc) is 2.66. The molecule has 0 saturated heterocycles. The topological polar surface area (TPSA) is 75.7 Å². The minimum absolute atomic E-state index is 0.0881. The van der Waals surface area contributed by atoms with Gasteiger partial charge in [-0.15, -0.1) is 0 Å². The van der Waals surface area contributed by atoms with Crippen LogP contribution in [0.4, 0.5) is 5.69 Å². The van der Waals surface area contributed by atoms with Crippen molar-refractivity contribution in [2.45, 2.75) is 11.9 Å². The normalized spacial score (nSPS) is 16.2. The molecule has 9 heteroatoms. The summed E-state index contributed by atoms with van der Waals surface area (Å²) in [6.07, 6.45) is 0.181. The van der Waals surface area contributed by atoms with Gasteiger partial charge in [0.05, 0.1) is 18.5 Å². The first-order valence-electron chi connectivity index (χ1n) is 8.68. The molecule has 1 N–H and O–H groups in total. The highest BCUT2D eigenvalue weighted by Crippen LogP contribution is 2.37. The molecule has 0 fully saturated rings. The predicted octanol–water partition coefficient (Wildman–Crippen LogP) is 2.92. The molecular formula is C19H21ClN2O4S2. The monoisotopic (exact) mass is 440 g/mol. The number of sulfonamides is 1. The quantitative estimate of drug-likeness (QED) is 0.670. The highest BCUT2D eigenvalue weighted by molar-refractivity contribution is 7.98. The molecule has 1 aliphatic heterocycles. The second-order valence-electron chi connectivity index (χ2n) is 6.34. The summed E-state index contributed by atoms with van der Waals surface area (Å²) < 4.78 is 31.2. The van der Waals surface area contributed by atoms with Gasteiger partial charge < -0.3 is 10.1 Å². The Kier molecular flexibility index (Phi) is 6.74. The molecule has 1 atom stereocenters. The number of fused-ring (bicyclic) bond motifs is 1. The van der Waals surface area contributed by atoms with Crippen LogP contribution in [0.1, 0.15) is 5.56 Å². The highest BCUT2D eigenvalue weighted by Gasteiger charge is 2.35. The molecular weight excluding hydrogens is 420 g/mol. The van der Waals surface area contributed by atoms with Gasteiger partial charge in [0, 0.05) is 23.1 Å². The highest BCUT2D eigenvalue weighted by atomic mass is 35.5. The van der Waals surface area contributed by atoms with E-state index in [1.807, 2.05) is 18.2 Å². The Balaban J connectivity index is 1.56. The predicted molar refractivity (Wildman–Crippen MR) is 114 cm³/mol. The van der Waals surface area contributed by atoms with Crippen molar-refractivity contribution in [3.05, 3.63) is 59.1 Å². The Morgan fingerprint density at radius 3 is 2.75 bits per heavy atom. The number of thioether (sulfide) groups is 1. The Morgan fingerprint density at radius 1 is 1.29 bits per heavy atom. The minimum Gasteiger partial charge on any atom is -0.476 e. The van der Waals surface area contributed by atoms with Crippen LogP contribution in [0.5, 0.6) is 5.75 Å². The fourth-order valence-electron chi connectivity index (χ4n) is 2.80. The van der Waals surface area contributed by atoms with Gasteiger partial charge in [-0.3, -0.25) is 9.10 Å². The summed E-state index contributed by atoms with van der Waals surface area (Å²) in [5.74, 6) is 1.59. The maximum absolute atomic E-state index is 12.5. The third-order valence-corrected chi connectivity index (χ3v) is 6.55. The van der Waals surface area contributed by atoms with E-state index >= 15 is 0 Å². The van der Waals surface area contributed by atoms with E-state index < -0.39 is 16.1 Å². The van der Waals surface area contributed by atoms with Gasteiger partial charge in [0.15, 0.2) is 6.10 Å². The lowest BCUT2D eigenvalue weighted by Crippen LogP contribution is -2.50. The third-order valence-electron chi connectivity index (χ3n) is 4.14. The van der Waals surface area contributed by atoms with E-state index in [9.17, 15) is 13.2 Å². The number of hydrogen-bond acceptors (Lipinski definition) is 5. The van der Waals surface area contributed by atoms with Gasteiger partial charge in [0.2, 0.25) is 10.0 Å². The number of benzene rings is 2. The molecule has 28 heavy (non-hydrogen) atoms. The summed E-state index contributed by atoms with van der Waals surface area (Å²) in [7, 11) is -3.57. The fourth-order valence-corrected chi connectivity index (χ4v) is 4.69. The molecule has 0 saturated carbocycles. The first-order valence-corrected chi connectivity index (χ1v) is 12.1. The summed E-state index contributed by atoms with van der Waals surface area (Å²) >= 11 is 7.69. The molecule has 2 aromatic rings. The Morgan fingerprint density at radius 2 is 2.04 bits per heavy atom. The molecule has 3 rings (SSSR count). The zero-order chi connectivity index (χ0) is 20.1. The number of carbonyl (C=O) groups excluding carboxylic acids is 1. The maximum atomic E-state index is 12.5. The number of halogens is 1. The summed E-state index contributed by atoms with van der Waals surface area (Å²) in [6, 6.07) is 14.8. The van der Waals surface area contributed by atoms with Crippen LogP contribution < -0.4 is 14.4 Å². The second kappa shape index (κ2) is 9.07. The van der Waals surface area contributed by atoms with Gasteiger partial charge in [-0.05, 0) is 23.8 Å². The molecule has 0 aliphatic carbocycles. The zero-order valence-electron chi connectivity index (χ0n) is 15.3. The first kappa shape index (κ1) is 20.8. The molecule has 1 heterocycles. The van der Waals surface area contributed by atoms with Crippen LogP contribution in [0.15, 0.2) is 48.5 Å². The van der Waals surface area contributed by atoms with Gasteiger partial charge in [-0.25, -0.2) is 8.42 Å². The Bertz CT molecular complexity index is 938. The smallest absolute Gasteiger partial charge is 0.263 e. The zero-order valence-corrected chi connectivity index (χ0v) is 17.7. The van der Waals surface area contributed by atoms with E-state index in [4.69, 9.17) is 16.3 Å². The van der Waals surface area contributed by atoms with E-state index in [1.54, 1.807) is 23.9 Å². The number of amides is 1. The molecule has 150 valence electrons. The molecule has 6 nitrogen and oxygen atoms in total. The lowest BCUT2D eigenvalue weighted by Gasteiger charge is -2.34. The number of ether oxygens (including phenoxy) is 1.